The molecule has 0 saturated heterocycles. The Labute approximate surface area is 152 Å². The molecule has 3 nitrogen and oxygen atoms in total. The Bertz CT molecular complexity index is 543. The van der Waals surface area contributed by atoms with Crippen LogP contribution in [0.5, 0.6) is 0 Å². The molecule has 4 aliphatic carbocycles. The molecule has 4 fully saturated rings. The van der Waals surface area contributed by atoms with E-state index in [9.17, 15) is 15.0 Å². The largest absolute Gasteiger partial charge is 0.393 e. The van der Waals surface area contributed by atoms with Crippen molar-refractivity contribution in [2.45, 2.75) is 90.8 Å². The van der Waals surface area contributed by atoms with Gasteiger partial charge in [0.1, 0.15) is 5.78 Å². The van der Waals surface area contributed by atoms with E-state index >= 15 is 0 Å². The van der Waals surface area contributed by atoms with E-state index in [0.29, 0.717) is 34.9 Å². The summed E-state index contributed by atoms with van der Waals surface area (Å²) in [6, 6.07) is 0. The van der Waals surface area contributed by atoms with Crippen LogP contribution in [0.3, 0.4) is 0 Å². The molecule has 0 amide bonds. The standard InChI is InChI=1S/C22H36O3/c1-13(23)18-6-7-20-17-5-4-15-12-16(25)8-10-21(15,3)19(17)9-11-22(18,20)14(2)24/h13,15-20,23,25H,4-12H2,1-3H3/t13-,15+,16-,17-,18-,19+,20+,21+,22?/m1/s1. The normalized spacial score (nSPS) is 53.5. The Morgan fingerprint density at radius 1 is 1.04 bits per heavy atom. The number of carbonyl (C=O) groups is 1. The second-order valence-corrected chi connectivity index (χ2v) is 10.1. The maximum atomic E-state index is 12.9. The van der Waals surface area contributed by atoms with Crippen molar-refractivity contribution in [3.05, 3.63) is 0 Å². The third kappa shape index (κ3) is 2.41. The van der Waals surface area contributed by atoms with E-state index in [4.69, 9.17) is 0 Å². The Kier molecular flexibility index (Phi) is 4.35. The molecule has 0 aliphatic heterocycles. The van der Waals surface area contributed by atoms with Crippen molar-refractivity contribution in [1.29, 1.82) is 0 Å². The van der Waals surface area contributed by atoms with Crippen LogP contribution >= 0.6 is 0 Å². The summed E-state index contributed by atoms with van der Waals surface area (Å²) in [6.07, 6.45) is 9.34. The van der Waals surface area contributed by atoms with Crippen molar-refractivity contribution in [3.63, 3.8) is 0 Å². The van der Waals surface area contributed by atoms with E-state index in [1.165, 1.54) is 12.8 Å². The molecule has 0 aromatic rings. The maximum absolute atomic E-state index is 12.9. The van der Waals surface area contributed by atoms with Crippen LogP contribution in [0, 0.1) is 40.4 Å². The fourth-order valence-electron chi connectivity index (χ4n) is 8.32. The molecule has 4 aliphatic rings. The Balaban J connectivity index is 1.66. The number of hydrogen-bond donors (Lipinski definition) is 2. The van der Waals surface area contributed by atoms with Crippen LogP contribution in [0.25, 0.3) is 0 Å². The SMILES string of the molecule is CC(=O)C12CC[C@H]3[C@@H](CC[C@H]4C[C@H](O)CC[C@@]43C)[C@@H]1CC[C@@H]2[C@@H](C)O. The van der Waals surface area contributed by atoms with Gasteiger partial charge in [-0.2, -0.15) is 0 Å². The van der Waals surface area contributed by atoms with E-state index in [1.54, 1.807) is 6.92 Å². The van der Waals surface area contributed by atoms with Gasteiger partial charge in [0.05, 0.1) is 12.2 Å². The molecule has 3 heteroatoms. The number of aliphatic hydroxyl groups excluding tert-OH is 2. The van der Waals surface area contributed by atoms with Crippen molar-refractivity contribution in [2.24, 2.45) is 40.4 Å². The first-order valence-corrected chi connectivity index (χ1v) is 10.7. The van der Waals surface area contributed by atoms with Gasteiger partial charge in [0.2, 0.25) is 0 Å². The van der Waals surface area contributed by atoms with Crippen molar-refractivity contribution in [2.75, 3.05) is 0 Å². The summed E-state index contributed by atoms with van der Waals surface area (Å²) >= 11 is 0. The van der Waals surface area contributed by atoms with Gasteiger partial charge in [-0.1, -0.05) is 6.92 Å². The highest BCUT2D eigenvalue weighted by molar-refractivity contribution is 5.83. The van der Waals surface area contributed by atoms with Crippen molar-refractivity contribution in [1.82, 2.24) is 0 Å². The van der Waals surface area contributed by atoms with E-state index in [1.807, 2.05) is 6.92 Å². The van der Waals surface area contributed by atoms with Crippen LogP contribution < -0.4 is 0 Å². The second kappa shape index (κ2) is 6.05. The minimum Gasteiger partial charge on any atom is -0.393 e. The smallest absolute Gasteiger partial charge is 0.136 e. The van der Waals surface area contributed by atoms with Gasteiger partial charge in [0, 0.05) is 5.41 Å². The number of ketones is 1. The van der Waals surface area contributed by atoms with Crippen molar-refractivity contribution in [3.8, 4) is 0 Å². The van der Waals surface area contributed by atoms with Crippen LogP contribution in [-0.2, 0) is 4.79 Å². The van der Waals surface area contributed by atoms with Crippen LogP contribution in [0.2, 0.25) is 0 Å². The first kappa shape index (κ1) is 18.0. The number of aliphatic hydroxyl groups is 2. The van der Waals surface area contributed by atoms with Crippen molar-refractivity contribution >= 4 is 5.78 Å². The highest BCUT2D eigenvalue weighted by Crippen LogP contribution is 2.68. The lowest BCUT2D eigenvalue weighted by Crippen LogP contribution is -2.56. The zero-order chi connectivity index (χ0) is 18.0. The molecule has 2 N–H and O–H groups in total. The van der Waals surface area contributed by atoms with Crippen molar-refractivity contribution < 1.29 is 15.0 Å². The molecular weight excluding hydrogens is 312 g/mol. The molecule has 0 bridgehead atoms. The van der Waals surface area contributed by atoms with Gasteiger partial charge in [0.25, 0.3) is 0 Å². The zero-order valence-corrected chi connectivity index (χ0v) is 16.2. The summed E-state index contributed by atoms with van der Waals surface area (Å²) in [5.74, 6) is 3.01. The predicted octanol–water partition coefficient (Wildman–Crippen LogP) is 3.96. The summed E-state index contributed by atoms with van der Waals surface area (Å²) in [4.78, 5) is 12.9. The van der Waals surface area contributed by atoms with Gasteiger partial charge >= 0.3 is 0 Å². The van der Waals surface area contributed by atoms with Gasteiger partial charge in [0.15, 0.2) is 0 Å². The van der Waals surface area contributed by atoms with Gasteiger partial charge in [-0.05, 0) is 107 Å². The van der Waals surface area contributed by atoms with E-state index in [-0.39, 0.29) is 23.5 Å². The molecule has 4 saturated carbocycles. The molecule has 0 radical (unpaired) electrons. The molecule has 4 rings (SSSR count). The van der Waals surface area contributed by atoms with Crippen LogP contribution in [0.15, 0.2) is 0 Å². The first-order chi connectivity index (χ1) is 11.8. The summed E-state index contributed by atoms with van der Waals surface area (Å²) in [7, 11) is 0. The quantitative estimate of drug-likeness (QED) is 0.794. The number of carbonyl (C=O) groups excluding carboxylic acids is 1. The Morgan fingerprint density at radius 3 is 2.48 bits per heavy atom. The molecule has 25 heavy (non-hydrogen) atoms. The molecule has 0 heterocycles. The monoisotopic (exact) mass is 348 g/mol. The first-order valence-electron chi connectivity index (χ1n) is 10.7. The fraction of sp³-hybridized carbons (Fsp3) is 0.955. The van der Waals surface area contributed by atoms with Gasteiger partial charge in [-0.3, -0.25) is 4.79 Å². The average molecular weight is 349 g/mol. The van der Waals surface area contributed by atoms with Gasteiger partial charge in [-0.25, -0.2) is 0 Å². The van der Waals surface area contributed by atoms with E-state index in [0.717, 1.165) is 44.9 Å². The molecular formula is C22H36O3. The minimum atomic E-state index is -0.373. The summed E-state index contributed by atoms with van der Waals surface area (Å²) in [5, 5.41) is 20.5. The molecule has 0 aromatic heterocycles. The van der Waals surface area contributed by atoms with Gasteiger partial charge in [-0.15, -0.1) is 0 Å². The maximum Gasteiger partial charge on any atom is 0.136 e. The topological polar surface area (TPSA) is 57.5 Å². The number of rotatable bonds is 2. The highest BCUT2D eigenvalue weighted by Gasteiger charge is 2.63. The summed E-state index contributed by atoms with van der Waals surface area (Å²) < 4.78 is 0. The molecule has 9 atom stereocenters. The minimum absolute atomic E-state index is 0.0966. The molecule has 1 unspecified atom stereocenters. The predicted molar refractivity (Wildman–Crippen MR) is 97.9 cm³/mol. The average Bonchev–Trinajstić information content (AvgIpc) is 2.96. The highest BCUT2D eigenvalue weighted by atomic mass is 16.3. The van der Waals surface area contributed by atoms with Gasteiger partial charge < -0.3 is 10.2 Å². The number of fused-ring (bicyclic) bond motifs is 5. The fourth-order valence-corrected chi connectivity index (χ4v) is 8.32. The lowest BCUT2D eigenvalue weighted by atomic mass is 9.44. The molecule has 0 spiro atoms. The zero-order valence-electron chi connectivity index (χ0n) is 16.2. The van der Waals surface area contributed by atoms with E-state index in [2.05, 4.69) is 6.92 Å². The number of hydrogen-bond acceptors (Lipinski definition) is 3. The third-order valence-corrected chi connectivity index (χ3v) is 9.45. The lowest BCUT2D eigenvalue weighted by molar-refractivity contribution is -0.158. The summed E-state index contributed by atoms with van der Waals surface area (Å²) in [5.41, 5.74) is 0.0979. The second-order valence-electron chi connectivity index (χ2n) is 10.1. The summed E-state index contributed by atoms with van der Waals surface area (Å²) in [6.45, 7) is 6.17. The Hall–Kier alpha value is -0.410. The Morgan fingerprint density at radius 2 is 1.80 bits per heavy atom. The van der Waals surface area contributed by atoms with E-state index < -0.39 is 0 Å². The van der Waals surface area contributed by atoms with Crippen LogP contribution in [0.4, 0.5) is 0 Å². The third-order valence-electron chi connectivity index (χ3n) is 9.45. The van der Waals surface area contributed by atoms with Crippen LogP contribution in [-0.4, -0.2) is 28.2 Å². The number of Topliss-reactive ketones (excluding diaryl/α,β-unsaturated/α-hetero) is 1. The molecule has 0 aromatic carbocycles. The van der Waals surface area contributed by atoms with Crippen LogP contribution in [0.1, 0.15) is 78.6 Å². The molecule has 142 valence electrons. The lowest BCUT2D eigenvalue weighted by Gasteiger charge is -2.61.